The van der Waals surface area contributed by atoms with E-state index in [2.05, 4.69) is 0 Å². The van der Waals surface area contributed by atoms with E-state index in [-0.39, 0.29) is 11.5 Å². The van der Waals surface area contributed by atoms with Gasteiger partial charge in [-0.1, -0.05) is 0 Å². The number of hydrogen-bond donors (Lipinski definition) is 1. The van der Waals surface area contributed by atoms with Crippen molar-refractivity contribution in [3.8, 4) is 0 Å². The lowest BCUT2D eigenvalue weighted by atomic mass is 9.89. The third kappa shape index (κ3) is 3.22. The second-order valence-corrected chi connectivity index (χ2v) is 5.53. The molecule has 0 spiro atoms. The van der Waals surface area contributed by atoms with Gasteiger partial charge in [0.2, 0.25) is 5.91 Å². The molecule has 21 heavy (non-hydrogen) atoms. The van der Waals surface area contributed by atoms with Gasteiger partial charge in [0.1, 0.15) is 11.6 Å². The first-order valence-corrected chi connectivity index (χ1v) is 6.94. The van der Waals surface area contributed by atoms with Crippen LogP contribution in [0.15, 0.2) is 18.2 Å². The van der Waals surface area contributed by atoms with E-state index in [0.717, 1.165) is 18.2 Å². The Morgan fingerprint density at radius 1 is 1.38 bits per heavy atom. The lowest BCUT2D eigenvalue weighted by molar-refractivity contribution is -0.141. The third-order valence-electron chi connectivity index (χ3n) is 4.12. The van der Waals surface area contributed by atoms with Crippen LogP contribution >= 0.6 is 0 Å². The quantitative estimate of drug-likeness (QED) is 0.928. The number of nitrogens with zero attached hydrogens (tertiary/aromatic N) is 1. The van der Waals surface area contributed by atoms with Gasteiger partial charge in [0.15, 0.2) is 0 Å². The third-order valence-corrected chi connectivity index (χ3v) is 4.12. The first kappa shape index (κ1) is 15.9. The maximum absolute atomic E-state index is 13.8. The molecule has 1 aromatic carbocycles. The molecule has 0 radical (unpaired) electrons. The standard InChI is InChI=1S/C15H20F2N2O2/c1-10(12-9-11(16)3-4-13(12)17)19(2)14(20)15(18)5-7-21-8-6-15/h3-4,9-10H,5-8,18H2,1-2H3. The van der Waals surface area contributed by atoms with Crippen LogP contribution in [0.2, 0.25) is 0 Å². The molecule has 0 saturated carbocycles. The highest BCUT2D eigenvalue weighted by Crippen LogP contribution is 2.27. The summed E-state index contributed by atoms with van der Waals surface area (Å²) in [5, 5.41) is 0. The summed E-state index contributed by atoms with van der Waals surface area (Å²) in [6, 6.07) is 2.62. The van der Waals surface area contributed by atoms with E-state index in [1.807, 2.05) is 0 Å². The minimum absolute atomic E-state index is 0.140. The monoisotopic (exact) mass is 298 g/mol. The van der Waals surface area contributed by atoms with Gasteiger partial charge >= 0.3 is 0 Å². The first-order valence-electron chi connectivity index (χ1n) is 6.94. The summed E-state index contributed by atoms with van der Waals surface area (Å²) in [7, 11) is 1.56. The number of carbonyl (C=O) groups is 1. The van der Waals surface area contributed by atoms with Crippen molar-refractivity contribution in [1.29, 1.82) is 0 Å². The highest BCUT2D eigenvalue weighted by molar-refractivity contribution is 5.86. The average Bonchev–Trinajstić information content (AvgIpc) is 2.48. The maximum Gasteiger partial charge on any atom is 0.243 e. The molecule has 1 unspecified atom stereocenters. The van der Waals surface area contributed by atoms with E-state index in [1.165, 1.54) is 4.90 Å². The van der Waals surface area contributed by atoms with Gasteiger partial charge in [-0.3, -0.25) is 4.79 Å². The van der Waals surface area contributed by atoms with Gasteiger partial charge < -0.3 is 15.4 Å². The Kier molecular flexibility index (Phi) is 4.58. The van der Waals surface area contributed by atoms with Crippen molar-refractivity contribution < 1.29 is 18.3 Å². The lowest BCUT2D eigenvalue weighted by Crippen LogP contribution is -2.57. The van der Waals surface area contributed by atoms with Crippen LogP contribution in [-0.2, 0) is 9.53 Å². The fourth-order valence-corrected chi connectivity index (χ4v) is 2.52. The summed E-state index contributed by atoms with van der Waals surface area (Å²) >= 11 is 0. The van der Waals surface area contributed by atoms with Crippen LogP contribution in [0.4, 0.5) is 8.78 Å². The fourth-order valence-electron chi connectivity index (χ4n) is 2.52. The summed E-state index contributed by atoms with van der Waals surface area (Å²) in [6.45, 7) is 2.51. The normalized spacial score (nSPS) is 19.1. The number of nitrogens with two attached hydrogens (primary N) is 1. The van der Waals surface area contributed by atoms with Gasteiger partial charge in [0.05, 0.1) is 11.6 Å². The molecular weight excluding hydrogens is 278 g/mol. The number of carbonyl (C=O) groups excluding carboxylic acids is 1. The summed E-state index contributed by atoms with van der Waals surface area (Å²) < 4.78 is 32.3. The van der Waals surface area contributed by atoms with E-state index >= 15 is 0 Å². The Morgan fingerprint density at radius 2 is 2.00 bits per heavy atom. The van der Waals surface area contributed by atoms with Crippen LogP contribution in [0.5, 0.6) is 0 Å². The Morgan fingerprint density at radius 3 is 2.62 bits per heavy atom. The number of amides is 1. The molecule has 1 aliphatic heterocycles. The van der Waals surface area contributed by atoms with Gasteiger partial charge in [0, 0.05) is 25.8 Å². The Hall–Kier alpha value is -1.53. The van der Waals surface area contributed by atoms with Gasteiger partial charge in [-0.2, -0.15) is 0 Å². The second kappa shape index (κ2) is 6.07. The minimum Gasteiger partial charge on any atom is -0.381 e. The summed E-state index contributed by atoms with van der Waals surface area (Å²) in [6.07, 6.45) is 0.850. The van der Waals surface area contributed by atoms with Gasteiger partial charge in [-0.05, 0) is 38.0 Å². The Labute approximate surface area is 122 Å². The Balaban J connectivity index is 2.20. The molecule has 1 saturated heterocycles. The van der Waals surface area contributed by atoms with Crippen molar-refractivity contribution in [2.24, 2.45) is 5.73 Å². The van der Waals surface area contributed by atoms with Crippen molar-refractivity contribution in [3.63, 3.8) is 0 Å². The highest BCUT2D eigenvalue weighted by Gasteiger charge is 2.39. The van der Waals surface area contributed by atoms with Gasteiger partial charge in [-0.15, -0.1) is 0 Å². The molecular formula is C15H20F2N2O2. The molecule has 2 rings (SSSR count). The summed E-state index contributed by atoms with van der Waals surface area (Å²) in [4.78, 5) is 13.9. The topological polar surface area (TPSA) is 55.6 Å². The van der Waals surface area contributed by atoms with E-state index in [9.17, 15) is 13.6 Å². The van der Waals surface area contributed by atoms with E-state index in [1.54, 1.807) is 14.0 Å². The number of halogens is 2. The van der Waals surface area contributed by atoms with Crippen LogP contribution in [0.1, 0.15) is 31.4 Å². The average molecular weight is 298 g/mol. The number of ether oxygens (including phenoxy) is 1. The van der Waals surface area contributed by atoms with Crippen molar-refractivity contribution in [3.05, 3.63) is 35.4 Å². The van der Waals surface area contributed by atoms with Gasteiger partial charge in [-0.25, -0.2) is 8.78 Å². The zero-order valence-corrected chi connectivity index (χ0v) is 12.2. The molecule has 0 aliphatic carbocycles. The molecule has 0 bridgehead atoms. The molecule has 1 aromatic rings. The van der Waals surface area contributed by atoms with E-state index in [4.69, 9.17) is 10.5 Å². The van der Waals surface area contributed by atoms with Crippen LogP contribution in [0, 0.1) is 11.6 Å². The lowest BCUT2D eigenvalue weighted by Gasteiger charge is -2.37. The van der Waals surface area contributed by atoms with Crippen molar-refractivity contribution in [1.82, 2.24) is 4.90 Å². The molecule has 1 aliphatic rings. The number of likely N-dealkylation sites (N-methyl/N-ethyl adjacent to an activating group) is 1. The largest absolute Gasteiger partial charge is 0.381 e. The fraction of sp³-hybridized carbons (Fsp3) is 0.533. The molecule has 6 heteroatoms. The molecule has 2 N–H and O–H groups in total. The predicted octanol–water partition coefficient (Wildman–Crippen LogP) is 1.99. The highest BCUT2D eigenvalue weighted by atomic mass is 19.1. The van der Waals surface area contributed by atoms with Crippen molar-refractivity contribution >= 4 is 5.91 Å². The summed E-state index contributed by atoms with van der Waals surface area (Å²) in [5.74, 6) is -1.35. The zero-order valence-electron chi connectivity index (χ0n) is 12.2. The predicted molar refractivity (Wildman–Crippen MR) is 74.5 cm³/mol. The minimum atomic E-state index is -0.995. The SMILES string of the molecule is CC(c1cc(F)ccc1F)N(C)C(=O)C1(N)CCOCC1. The van der Waals surface area contributed by atoms with Crippen molar-refractivity contribution in [2.45, 2.75) is 31.3 Å². The molecule has 1 heterocycles. The molecule has 116 valence electrons. The van der Waals surface area contributed by atoms with Crippen LogP contribution in [0.3, 0.4) is 0 Å². The number of hydrogen-bond acceptors (Lipinski definition) is 3. The molecule has 1 amide bonds. The smallest absolute Gasteiger partial charge is 0.243 e. The van der Waals surface area contributed by atoms with Crippen molar-refractivity contribution in [2.75, 3.05) is 20.3 Å². The van der Waals surface area contributed by atoms with Crippen LogP contribution < -0.4 is 5.73 Å². The van der Waals surface area contributed by atoms with Crippen LogP contribution in [-0.4, -0.2) is 36.6 Å². The molecule has 1 fully saturated rings. The van der Waals surface area contributed by atoms with Gasteiger partial charge in [0.25, 0.3) is 0 Å². The first-order chi connectivity index (χ1) is 9.85. The van der Waals surface area contributed by atoms with Crippen LogP contribution in [0.25, 0.3) is 0 Å². The second-order valence-electron chi connectivity index (χ2n) is 5.53. The van der Waals surface area contributed by atoms with E-state index in [0.29, 0.717) is 26.1 Å². The number of benzene rings is 1. The molecule has 1 atom stereocenters. The molecule has 4 nitrogen and oxygen atoms in total. The summed E-state index contributed by atoms with van der Waals surface area (Å²) in [5.41, 5.74) is 5.29. The number of rotatable bonds is 3. The van der Waals surface area contributed by atoms with E-state index < -0.39 is 23.2 Å². The Bertz CT molecular complexity index is 530. The molecule has 0 aromatic heterocycles. The maximum atomic E-state index is 13.8. The zero-order chi connectivity index (χ0) is 15.6.